The molecular weight excluding hydrogens is 342 g/mol. The highest BCUT2D eigenvalue weighted by molar-refractivity contribution is 9.10. The van der Waals surface area contributed by atoms with E-state index in [2.05, 4.69) is 43.6 Å². The summed E-state index contributed by atoms with van der Waals surface area (Å²) < 4.78 is 1.02. The Bertz CT molecular complexity index is 879. The molecule has 0 bridgehead atoms. The monoisotopic (exact) mass is 355 g/mol. The second kappa shape index (κ2) is 5.18. The van der Waals surface area contributed by atoms with Gasteiger partial charge >= 0.3 is 0 Å². The molecule has 1 aromatic heterocycles. The third-order valence-corrected chi connectivity index (χ3v) is 4.60. The van der Waals surface area contributed by atoms with Gasteiger partial charge in [-0.2, -0.15) is 0 Å². The number of halogens is 1. The molecule has 1 atom stereocenters. The van der Waals surface area contributed by atoms with Gasteiger partial charge in [0.15, 0.2) is 0 Å². The largest absolute Gasteiger partial charge is 0.374 e. The van der Waals surface area contributed by atoms with Gasteiger partial charge < -0.3 is 10.4 Å². The number of para-hydroxylation sites is 1. The molecule has 0 saturated carbocycles. The molecule has 5 heteroatoms. The first-order valence-corrected chi connectivity index (χ1v) is 7.91. The Balaban J connectivity index is 1.91. The van der Waals surface area contributed by atoms with E-state index in [0.717, 1.165) is 27.0 Å². The van der Waals surface area contributed by atoms with Crippen LogP contribution in [-0.2, 0) is 6.42 Å². The van der Waals surface area contributed by atoms with Crippen molar-refractivity contribution in [2.75, 3.05) is 5.32 Å². The standard InChI is InChI=1S/C17H14BrN3O/c18-12-7-5-10(6-8-12)16-15-14(20-21-17(15)22)9-11-3-1-2-4-13(11)19-16/h1-8,16,19H,9H2,(H2,20,21,22). The van der Waals surface area contributed by atoms with Crippen molar-refractivity contribution in [3.63, 3.8) is 0 Å². The van der Waals surface area contributed by atoms with E-state index < -0.39 is 0 Å². The maximum Gasteiger partial charge on any atom is 0.269 e. The Morgan fingerprint density at radius 2 is 1.77 bits per heavy atom. The Hall–Kier alpha value is -2.27. The Labute approximate surface area is 135 Å². The average molecular weight is 356 g/mol. The summed E-state index contributed by atoms with van der Waals surface area (Å²) in [6.45, 7) is 0. The number of aromatic nitrogens is 2. The number of H-pyrrole nitrogens is 2. The number of rotatable bonds is 1. The zero-order valence-corrected chi connectivity index (χ0v) is 13.3. The SMILES string of the molecule is O=c1[nH][nH]c2c1C(c1ccc(Br)cc1)Nc1ccccc1C2. The average Bonchev–Trinajstić information content (AvgIpc) is 2.79. The van der Waals surface area contributed by atoms with E-state index in [4.69, 9.17) is 0 Å². The molecule has 2 heterocycles. The molecule has 0 radical (unpaired) electrons. The summed E-state index contributed by atoms with van der Waals surface area (Å²) in [5, 5.41) is 9.27. The highest BCUT2D eigenvalue weighted by atomic mass is 79.9. The molecule has 1 aliphatic rings. The van der Waals surface area contributed by atoms with Crippen molar-refractivity contribution in [3.05, 3.63) is 85.7 Å². The van der Waals surface area contributed by atoms with E-state index in [1.807, 2.05) is 36.4 Å². The smallest absolute Gasteiger partial charge is 0.269 e. The van der Waals surface area contributed by atoms with Crippen LogP contribution in [-0.4, -0.2) is 10.2 Å². The first-order chi connectivity index (χ1) is 10.7. The molecule has 0 aliphatic carbocycles. The second-order valence-corrected chi connectivity index (χ2v) is 6.35. The molecule has 0 amide bonds. The van der Waals surface area contributed by atoms with E-state index in [1.54, 1.807) is 0 Å². The summed E-state index contributed by atoms with van der Waals surface area (Å²) in [7, 11) is 0. The molecular formula is C17H14BrN3O. The third kappa shape index (κ3) is 2.18. The number of fused-ring (bicyclic) bond motifs is 2. The minimum Gasteiger partial charge on any atom is -0.374 e. The van der Waals surface area contributed by atoms with Crippen molar-refractivity contribution in [2.24, 2.45) is 0 Å². The number of nitrogens with one attached hydrogen (secondary N) is 3. The van der Waals surface area contributed by atoms with Gasteiger partial charge in [0, 0.05) is 22.3 Å². The summed E-state index contributed by atoms with van der Waals surface area (Å²) in [5.74, 6) is 0. The van der Waals surface area contributed by atoms with E-state index in [-0.39, 0.29) is 11.6 Å². The highest BCUT2D eigenvalue weighted by Gasteiger charge is 2.26. The minimum atomic E-state index is -0.165. The Kier molecular flexibility index (Phi) is 3.15. The number of aromatic amines is 2. The van der Waals surface area contributed by atoms with Crippen LogP contribution >= 0.6 is 15.9 Å². The third-order valence-electron chi connectivity index (χ3n) is 4.07. The molecule has 0 fully saturated rings. The second-order valence-electron chi connectivity index (χ2n) is 5.43. The Morgan fingerprint density at radius 3 is 2.59 bits per heavy atom. The zero-order valence-electron chi connectivity index (χ0n) is 11.7. The van der Waals surface area contributed by atoms with Crippen LogP contribution in [0.15, 0.2) is 57.8 Å². The van der Waals surface area contributed by atoms with E-state index >= 15 is 0 Å². The fourth-order valence-electron chi connectivity index (χ4n) is 2.99. The fourth-order valence-corrected chi connectivity index (χ4v) is 3.25. The normalized spacial score (nSPS) is 16.3. The van der Waals surface area contributed by atoms with Crippen LogP contribution in [0, 0.1) is 0 Å². The first kappa shape index (κ1) is 13.4. The number of benzene rings is 2. The molecule has 4 rings (SSSR count). The van der Waals surface area contributed by atoms with Crippen LogP contribution in [0.5, 0.6) is 0 Å². The van der Waals surface area contributed by atoms with Gasteiger partial charge in [0.05, 0.1) is 11.6 Å². The molecule has 0 spiro atoms. The number of hydrogen-bond acceptors (Lipinski definition) is 2. The van der Waals surface area contributed by atoms with Gasteiger partial charge in [-0.15, -0.1) is 0 Å². The first-order valence-electron chi connectivity index (χ1n) is 7.11. The molecule has 110 valence electrons. The van der Waals surface area contributed by atoms with Crippen LogP contribution in [0.4, 0.5) is 5.69 Å². The molecule has 1 unspecified atom stereocenters. The van der Waals surface area contributed by atoms with Crippen LogP contribution in [0.25, 0.3) is 0 Å². The van der Waals surface area contributed by atoms with Crippen molar-refractivity contribution >= 4 is 21.6 Å². The summed E-state index contributed by atoms with van der Waals surface area (Å²) in [5.41, 5.74) is 4.95. The van der Waals surface area contributed by atoms with Gasteiger partial charge in [-0.1, -0.05) is 46.3 Å². The van der Waals surface area contributed by atoms with Crippen molar-refractivity contribution < 1.29 is 0 Å². The number of anilines is 1. The van der Waals surface area contributed by atoms with Crippen molar-refractivity contribution in [1.82, 2.24) is 10.2 Å². The number of hydrogen-bond donors (Lipinski definition) is 3. The molecule has 1 aliphatic heterocycles. The van der Waals surface area contributed by atoms with Crippen molar-refractivity contribution in [3.8, 4) is 0 Å². The maximum atomic E-state index is 12.3. The van der Waals surface area contributed by atoms with Crippen LogP contribution < -0.4 is 10.9 Å². The lowest BCUT2D eigenvalue weighted by Crippen LogP contribution is -2.19. The summed E-state index contributed by atoms with van der Waals surface area (Å²) in [4.78, 5) is 12.3. The highest BCUT2D eigenvalue weighted by Crippen LogP contribution is 2.33. The van der Waals surface area contributed by atoms with E-state index in [1.165, 1.54) is 5.56 Å². The molecule has 2 aromatic carbocycles. The topological polar surface area (TPSA) is 60.7 Å². The van der Waals surface area contributed by atoms with Crippen LogP contribution in [0.1, 0.15) is 28.4 Å². The molecule has 4 nitrogen and oxygen atoms in total. The predicted octanol–water partition coefficient (Wildman–Crippen LogP) is 3.57. The summed E-state index contributed by atoms with van der Waals surface area (Å²) >= 11 is 3.45. The predicted molar refractivity (Wildman–Crippen MR) is 90.3 cm³/mol. The van der Waals surface area contributed by atoms with Crippen LogP contribution in [0.3, 0.4) is 0 Å². The summed E-state index contributed by atoms with van der Waals surface area (Å²) in [6.07, 6.45) is 0.713. The Morgan fingerprint density at radius 1 is 1.00 bits per heavy atom. The lowest BCUT2D eigenvalue weighted by atomic mass is 9.99. The van der Waals surface area contributed by atoms with E-state index in [0.29, 0.717) is 6.42 Å². The lowest BCUT2D eigenvalue weighted by Gasteiger charge is -2.18. The van der Waals surface area contributed by atoms with Gasteiger partial charge in [0.1, 0.15) is 0 Å². The van der Waals surface area contributed by atoms with E-state index in [9.17, 15) is 4.79 Å². The van der Waals surface area contributed by atoms with Gasteiger partial charge in [-0.05, 0) is 29.3 Å². The van der Waals surface area contributed by atoms with Gasteiger partial charge in [-0.25, -0.2) is 0 Å². The van der Waals surface area contributed by atoms with Crippen LogP contribution in [0.2, 0.25) is 0 Å². The summed E-state index contributed by atoms with van der Waals surface area (Å²) in [6, 6.07) is 16.1. The molecule has 3 aromatic rings. The maximum absolute atomic E-state index is 12.3. The zero-order chi connectivity index (χ0) is 15.1. The fraction of sp³-hybridized carbons (Fsp3) is 0.118. The quantitative estimate of drug-likeness (QED) is 0.624. The lowest BCUT2D eigenvalue weighted by molar-refractivity contribution is 0.924. The molecule has 3 N–H and O–H groups in total. The van der Waals surface area contributed by atoms with Gasteiger partial charge in [-0.3, -0.25) is 9.89 Å². The molecule has 22 heavy (non-hydrogen) atoms. The van der Waals surface area contributed by atoms with Crippen molar-refractivity contribution in [2.45, 2.75) is 12.5 Å². The van der Waals surface area contributed by atoms with Gasteiger partial charge in [0.2, 0.25) is 0 Å². The van der Waals surface area contributed by atoms with Crippen molar-refractivity contribution in [1.29, 1.82) is 0 Å². The molecule has 0 saturated heterocycles. The van der Waals surface area contributed by atoms with Gasteiger partial charge in [0.25, 0.3) is 5.56 Å². The minimum absolute atomic E-state index is 0.0665.